The lowest BCUT2D eigenvalue weighted by Crippen LogP contribution is -2.79. The quantitative estimate of drug-likeness (QED) is 0.0808. The third-order valence-electron chi connectivity index (χ3n) is 20.7. The monoisotopic (exact) mass is 1150 g/mol. The maximum Gasteiger partial charge on any atom is 0.331 e. The van der Waals surface area contributed by atoms with E-state index in [-0.39, 0.29) is 37.7 Å². The van der Waals surface area contributed by atoms with Gasteiger partial charge >= 0.3 is 11.9 Å². The van der Waals surface area contributed by atoms with Gasteiger partial charge in [-0.15, -0.1) is 0 Å². The van der Waals surface area contributed by atoms with Gasteiger partial charge in [-0.05, 0) is 115 Å². The first-order chi connectivity index (χ1) is 38.4. The molecule has 0 amide bonds. The molecule has 1 aromatic carbocycles. The normalized spacial score (nSPS) is 48.6. The van der Waals surface area contributed by atoms with E-state index in [9.17, 15) is 35.1 Å². The Bertz CT molecular complexity index is 2310. The van der Waals surface area contributed by atoms with Crippen molar-refractivity contribution < 1.29 is 101 Å². The van der Waals surface area contributed by atoms with E-state index in [0.717, 1.165) is 5.56 Å². The van der Waals surface area contributed by atoms with Crippen LogP contribution in [0.3, 0.4) is 0 Å². The molecule has 81 heavy (non-hydrogen) atoms. The predicted molar refractivity (Wildman–Crippen MR) is 287 cm³/mol. The number of hydrogen-bond acceptors (Lipinski definition) is 21. The van der Waals surface area contributed by atoms with E-state index in [4.69, 9.17) is 66.3 Å². The van der Waals surface area contributed by atoms with E-state index in [2.05, 4.69) is 6.92 Å². The Balaban J connectivity index is 0.793. The van der Waals surface area contributed by atoms with Crippen molar-refractivity contribution in [2.75, 3.05) is 28.4 Å². The van der Waals surface area contributed by atoms with Crippen LogP contribution in [-0.2, 0) is 75.9 Å². The van der Waals surface area contributed by atoms with E-state index >= 15 is 0 Å². The van der Waals surface area contributed by atoms with E-state index < -0.39 is 162 Å². The Kier molecular flexibility index (Phi) is 19.3. The largest absolute Gasteiger partial charge is 0.462 e. The molecule has 1 aromatic rings. The van der Waals surface area contributed by atoms with Crippen molar-refractivity contribution in [1.29, 1.82) is 0 Å². The first-order valence-electron chi connectivity index (χ1n) is 29.4. The molecule has 4 saturated carbocycles. The molecule has 5 N–H and O–H groups in total. The lowest BCUT2D eigenvalue weighted by molar-refractivity contribution is -0.356. The van der Waals surface area contributed by atoms with Crippen molar-refractivity contribution in [2.24, 2.45) is 22.7 Å². The molecule has 0 spiro atoms. The zero-order valence-corrected chi connectivity index (χ0v) is 49.3. The number of esters is 2. The van der Waals surface area contributed by atoms with E-state index in [1.165, 1.54) is 20.1 Å². The summed E-state index contributed by atoms with van der Waals surface area (Å²) in [5, 5.41) is 60.6. The minimum Gasteiger partial charge on any atom is -0.462 e. The Morgan fingerprint density at radius 3 is 1.74 bits per heavy atom. The topological polar surface area (TPSA) is 265 Å². The number of hydrogen-bond donors (Lipinski definition) is 5. The van der Waals surface area contributed by atoms with Gasteiger partial charge in [-0.25, -0.2) is 4.79 Å². The molecular weight excluding hydrogens is 1060 g/mol. The Labute approximate surface area is 476 Å². The smallest absolute Gasteiger partial charge is 0.331 e. The van der Waals surface area contributed by atoms with Crippen molar-refractivity contribution in [3.63, 3.8) is 0 Å². The molecule has 0 bridgehead atoms. The molecule has 4 saturated heterocycles. The molecule has 4 heterocycles. The van der Waals surface area contributed by atoms with Crippen molar-refractivity contribution in [2.45, 2.75) is 266 Å². The molecule has 21 heteroatoms. The van der Waals surface area contributed by atoms with E-state index in [1.54, 1.807) is 48.2 Å². The first kappa shape index (κ1) is 62.7. The minimum atomic E-state index is -1.90. The number of carbonyl (C=O) groups excluding carboxylic acids is 2. The van der Waals surface area contributed by atoms with Crippen LogP contribution in [0.5, 0.6) is 0 Å². The average Bonchev–Trinajstić information content (AvgIpc) is 1.75. The number of aliphatic hydroxyl groups is 5. The highest BCUT2D eigenvalue weighted by Crippen LogP contribution is 2.72. The van der Waals surface area contributed by atoms with Gasteiger partial charge in [0, 0.05) is 60.7 Å². The number of carbonyl (C=O) groups is 2. The third-order valence-corrected chi connectivity index (χ3v) is 20.7. The molecule has 0 aromatic heterocycles. The van der Waals surface area contributed by atoms with Gasteiger partial charge in [0.05, 0.1) is 59.8 Å². The van der Waals surface area contributed by atoms with Gasteiger partial charge in [0.25, 0.3) is 0 Å². The fourth-order valence-corrected chi connectivity index (χ4v) is 16.1. The second-order valence-corrected chi connectivity index (χ2v) is 24.9. The van der Waals surface area contributed by atoms with Gasteiger partial charge < -0.3 is 91.8 Å². The summed E-state index contributed by atoms with van der Waals surface area (Å²) in [6.07, 6.45) is -6.76. The van der Waals surface area contributed by atoms with Crippen molar-refractivity contribution >= 4 is 18.0 Å². The number of methoxy groups -OCH3 is 4. The van der Waals surface area contributed by atoms with Crippen LogP contribution in [0, 0.1) is 22.7 Å². The van der Waals surface area contributed by atoms with Crippen molar-refractivity contribution in [3.8, 4) is 0 Å². The average molecular weight is 1150 g/mol. The molecule has 0 unspecified atom stereocenters. The summed E-state index contributed by atoms with van der Waals surface area (Å²) in [7, 11) is 6.26. The van der Waals surface area contributed by atoms with Crippen LogP contribution >= 0.6 is 0 Å². The van der Waals surface area contributed by atoms with Gasteiger partial charge in [0.15, 0.2) is 25.2 Å². The lowest BCUT2D eigenvalue weighted by atomic mass is 9.40. The van der Waals surface area contributed by atoms with Crippen LogP contribution in [0.4, 0.5) is 0 Å². The summed E-state index contributed by atoms with van der Waals surface area (Å²) in [5.41, 5.74) is -6.73. The van der Waals surface area contributed by atoms with Crippen LogP contribution in [0.15, 0.2) is 36.4 Å². The fraction of sp³-hybridized carbons (Fsp3) is 0.833. The van der Waals surface area contributed by atoms with Crippen LogP contribution in [-0.4, -0.2) is 206 Å². The van der Waals surface area contributed by atoms with Gasteiger partial charge in [-0.1, -0.05) is 44.2 Å². The van der Waals surface area contributed by atoms with E-state index in [0.29, 0.717) is 44.9 Å². The second kappa shape index (κ2) is 24.9. The first-order valence-corrected chi connectivity index (χ1v) is 29.4. The van der Waals surface area contributed by atoms with Crippen LogP contribution in [0.2, 0.25) is 0 Å². The molecular formula is C60H92O21. The third kappa shape index (κ3) is 11.6. The molecule has 458 valence electrons. The van der Waals surface area contributed by atoms with Crippen LogP contribution in [0.25, 0.3) is 6.08 Å². The van der Waals surface area contributed by atoms with Crippen LogP contribution < -0.4 is 0 Å². The summed E-state index contributed by atoms with van der Waals surface area (Å²) in [4.78, 5) is 26.1. The Hall–Kier alpha value is -2.78. The SMILES string of the molecule is CO[C@@H]1[C@@H](O)[C@H](O[C@@H]2[C@@H](C)O[C@@H](O[C@H]3[C@@H](OC)C[C@H](O[C@H]4[C@@H](OC)C[C@H](O[C@H]5CC[C@@]6(C)[C@@H](CC[C@]7(O)[C@@H]6C[C@@H](OC(C)=O)[C@@]6(C)[C@]7(O)CC[C@@]6(O)[C@H](C)OC(=O)/C=C/c6ccccc6)C5)O[C@@H]4C)O[C@@H]3C)C[C@H]2OC)O[C@H](C)[C@H]1O. The maximum atomic E-state index is 13.2. The highest BCUT2D eigenvalue weighted by molar-refractivity contribution is 5.87. The summed E-state index contributed by atoms with van der Waals surface area (Å²) in [6, 6.07) is 9.28. The highest BCUT2D eigenvalue weighted by atomic mass is 16.8. The summed E-state index contributed by atoms with van der Waals surface area (Å²) in [6.45, 7) is 14.1. The second-order valence-electron chi connectivity index (χ2n) is 24.9. The summed E-state index contributed by atoms with van der Waals surface area (Å²) < 4.78 is 86.9. The lowest BCUT2D eigenvalue weighted by Gasteiger charge is -2.69. The molecule has 9 rings (SSSR count). The molecule has 8 aliphatic rings. The summed E-state index contributed by atoms with van der Waals surface area (Å²) >= 11 is 0. The van der Waals surface area contributed by atoms with Gasteiger partial charge in [-0.2, -0.15) is 0 Å². The zero-order chi connectivity index (χ0) is 58.6. The van der Waals surface area contributed by atoms with Gasteiger partial charge in [0.1, 0.15) is 60.0 Å². The standard InChI is InChI=1S/C60H92O21/c1-31-49(63)54(71-12)50(64)55(75-31)81-53-34(4)74-48(29-42(53)70-11)80-52-33(3)73-47(28-41(52)69-10)79-51-32(2)72-46(27-40(51)68-9)78-39-21-22-56(7)38(26-39)20-23-59(66)43(56)30-44(77-36(6)61)57(8)58(65,24-25-60(57,59)67)35(5)76-45(62)19-18-37-16-14-13-15-17-37/h13-19,31-35,38-44,46-55,63-67H,20-30H2,1-12H3/b19-18+/t31-,32-,33-,34-,35+,38+,39+,40+,41+,42-,43-,44-,46+,47+,48+,49-,50-,51-,52-,53-,54+,55+,56+,57-,58-,59+,60-/m1/s1. The molecule has 4 aliphatic heterocycles. The molecule has 0 radical (unpaired) electrons. The number of ether oxygens (including phenoxy) is 14. The van der Waals surface area contributed by atoms with Crippen molar-refractivity contribution in [3.05, 3.63) is 42.0 Å². The fourth-order valence-electron chi connectivity index (χ4n) is 16.1. The number of aliphatic hydroxyl groups excluding tert-OH is 2. The zero-order valence-electron chi connectivity index (χ0n) is 49.3. The number of rotatable bonds is 17. The molecule has 8 fully saturated rings. The Morgan fingerprint density at radius 2 is 1.20 bits per heavy atom. The molecule has 21 nitrogen and oxygen atoms in total. The Morgan fingerprint density at radius 1 is 0.642 bits per heavy atom. The van der Waals surface area contributed by atoms with Gasteiger partial charge in [0.2, 0.25) is 0 Å². The molecule has 27 atom stereocenters. The summed E-state index contributed by atoms with van der Waals surface area (Å²) in [5.74, 6) is -1.67. The number of benzene rings is 1. The predicted octanol–water partition coefficient (Wildman–Crippen LogP) is 4.65. The highest BCUT2D eigenvalue weighted by Gasteiger charge is 2.82. The van der Waals surface area contributed by atoms with E-state index in [1.807, 2.05) is 51.1 Å². The van der Waals surface area contributed by atoms with Crippen molar-refractivity contribution in [1.82, 2.24) is 0 Å². The van der Waals surface area contributed by atoms with Gasteiger partial charge in [-0.3, -0.25) is 4.79 Å². The van der Waals surface area contributed by atoms with Crippen LogP contribution in [0.1, 0.15) is 132 Å². The minimum absolute atomic E-state index is 0.00444. The maximum absolute atomic E-state index is 13.2. The number of fused-ring (bicyclic) bond motifs is 5. The molecule has 4 aliphatic carbocycles.